The van der Waals surface area contributed by atoms with Crippen LogP contribution in [0.25, 0.3) is 11.8 Å². The first kappa shape index (κ1) is 18.7. The molecule has 0 spiro atoms. The minimum atomic E-state index is -0.479. The SMILES string of the molecule is Cc1nn(-c2ccccc2)c(Cl)c1/C=C/C(=O)OCCOc1cccnc1. The molecular formula is C20H18ClN3O3. The smallest absolute Gasteiger partial charge is 0.330 e. The molecule has 138 valence electrons. The van der Waals surface area contributed by atoms with Gasteiger partial charge in [0.25, 0.3) is 0 Å². The number of hydrogen-bond acceptors (Lipinski definition) is 5. The van der Waals surface area contributed by atoms with Crippen LogP contribution >= 0.6 is 11.6 Å². The van der Waals surface area contributed by atoms with Crippen molar-refractivity contribution in [3.8, 4) is 11.4 Å². The van der Waals surface area contributed by atoms with E-state index in [1.807, 2.05) is 37.3 Å². The number of carbonyl (C=O) groups is 1. The number of halogens is 1. The number of carbonyl (C=O) groups excluding carboxylic acids is 1. The maximum atomic E-state index is 11.9. The largest absolute Gasteiger partial charge is 0.488 e. The molecule has 0 bridgehead atoms. The van der Waals surface area contributed by atoms with Crippen molar-refractivity contribution in [3.63, 3.8) is 0 Å². The highest BCUT2D eigenvalue weighted by atomic mass is 35.5. The number of para-hydroxylation sites is 1. The Hall–Kier alpha value is -3.12. The molecule has 0 aliphatic rings. The van der Waals surface area contributed by atoms with Crippen molar-refractivity contribution in [2.45, 2.75) is 6.92 Å². The fourth-order valence-electron chi connectivity index (χ4n) is 2.37. The van der Waals surface area contributed by atoms with Gasteiger partial charge in [0.2, 0.25) is 0 Å². The van der Waals surface area contributed by atoms with Crippen molar-refractivity contribution in [1.29, 1.82) is 0 Å². The van der Waals surface area contributed by atoms with Crippen molar-refractivity contribution < 1.29 is 14.3 Å². The van der Waals surface area contributed by atoms with Gasteiger partial charge in [-0.2, -0.15) is 5.10 Å². The highest BCUT2D eigenvalue weighted by Crippen LogP contribution is 2.24. The molecule has 2 heterocycles. The van der Waals surface area contributed by atoms with Crippen LogP contribution in [-0.4, -0.2) is 33.9 Å². The number of aryl methyl sites for hydroxylation is 1. The number of esters is 1. The van der Waals surface area contributed by atoms with Crippen molar-refractivity contribution in [2.24, 2.45) is 0 Å². The number of rotatable bonds is 7. The Labute approximate surface area is 162 Å². The quantitative estimate of drug-likeness (QED) is 0.352. The summed E-state index contributed by atoms with van der Waals surface area (Å²) >= 11 is 6.41. The normalized spacial score (nSPS) is 10.9. The zero-order chi connectivity index (χ0) is 19.1. The van der Waals surface area contributed by atoms with Gasteiger partial charge in [-0.15, -0.1) is 0 Å². The highest BCUT2D eigenvalue weighted by Gasteiger charge is 2.12. The predicted molar refractivity (Wildman–Crippen MR) is 103 cm³/mol. The Morgan fingerprint density at radius 2 is 2.00 bits per heavy atom. The van der Waals surface area contributed by atoms with E-state index in [2.05, 4.69) is 10.1 Å². The zero-order valence-electron chi connectivity index (χ0n) is 14.7. The molecule has 0 atom stereocenters. The van der Waals surface area contributed by atoms with Crippen molar-refractivity contribution in [2.75, 3.05) is 13.2 Å². The first-order valence-electron chi connectivity index (χ1n) is 8.33. The number of benzene rings is 1. The predicted octanol–water partition coefficient (Wildman–Crippen LogP) is 3.86. The minimum Gasteiger partial charge on any atom is -0.488 e. The number of ether oxygens (including phenoxy) is 2. The molecule has 0 saturated carbocycles. The van der Waals surface area contributed by atoms with Crippen LogP contribution in [0.2, 0.25) is 5.15 Å². The molecule has 0 N–H and O–H groups in total. The van der Waals surface area contributed by atoms with Gasteiger partial charge in [0.1, 0.15) is 24.1 Å². The lowest BCUT2D eigenvalue weighted by atomic mass is 10.2. The van der Waals surface area contributed by atoms with Gasteiger partial charge in [-0.3, -0.25) is 4.98 Å². The number of pyridine rings is 1. The Morgan fingerprint density at radius 1 is 1.19 bits per heavy atom. The van der Waals surface area contributed by atoms with Crippen molar-refractivity contribution in [1.82, 2.24) is 14.8 Å². The van der Waals surface area contributed by atoms with E-state index in [0.717, 1.165) is 5.69 Å². The first-order valence-corrected chi connectivity index (χ1v) is 8.71. The summed E-state index contributed by atoms with van der Waals surface area (Å²) in [5, 5.41) is 4.86. The molecule has 1 aromatic carbocycles. The number of aromatic nitrogens is 3. The molecule has 3 aromatic rings. The second kappa shape index (κ2) is 9.00. The Bertz CT molecular complexity index is 924. The summed E-state index contributed by atoms with van der Waals surface area (Å²) in [5.74, 6) is 0.146. The molecule has 2 aromatic heterocycles. The average molecular weight is 384 g/mol. The van der Waals surface area contributed by atoms with Crippen LogP contribution in [-0.2, 0) is 9.53 Å². The molecule has 0 radical (unpaired) electrons. The van der Waals surface area contributed by atoms with Crippen LogP contribution in [0.1, 0.15) is 11.3 Å². The summed E-state index contributed by atoms with van der Waals surface area (Å²) in [6.45, 7) is 2.21. The van der Waals surface area contributed by atoms with Crippen molar-refractivity contribution in [3.05, 3.63) is 77.3 Å². The fourth-order valence-corrected chi connectivity index (χ4v) is 2.71. The zero-order valence-corrected chi connectivity index (χ0v) is 15.5. The van der Waals surface area contributed by atoms with Crippen LogP contribution in [0.3, 0.4) is 0 Å². The van der Waals surface area contributed by atoms with Gasteiger partial charge in [-0.1, -0.05) is 29.8 Å². The Morgan fingerprint density at radius 3 is 2.74 bits per heavy atom. The molecule has 27 heavy (non-hydrogen) atoms. The molecule has 0 fully saturated rings. The highest BCUT2D eigenvalue weighted by molar-refractivity contribution is 6.31. The van der Waals surface area contributed by atoms with Gasteiger partial charge in [-0.05, 0) is 37.3 Å². The lowest BCUT2D eigenvalue weighted by Crippen LogP contribution is -2.10. The summed E-state index contributed by atoms with van der Waals surface area (Å²) in [5.41, 5.74) is 2.23. The van der Waals surface area contributed by atoms with E-state index < -0.39 is 5.97 Å². The van der Waals surface area contributed by atoms with Crippen LogP contribution in [0.4, 0.5) is 0 Å². The van der Waals surface area contributed by atoms with Gasteiger partial charge in [-0.25, -0.2) is 9.48 Å². The lowest BCUT2D eigenvalue weighted by molar-refractivity contribution is -0.138. The van der Waals surface area contributed by atoms with Crippen molar-refractivity contribution >= 4 is 23.6 Å². The van der Waals surface area contributed by atoms with Crippen LogP contribution in [0.15, 0.2) is 60.9 Å². The summed E-state index contributed by atoms with van der Waals surface area (Å²) < 4.78 is 12.2. The Balaban J connectivity index is 1.56. The Kier molecular flexibility index (Phi) is 6.22. The van der Waals surface area contributed by atoms with Gasteiger partial charge in [0, 0.05) is 17.8 Å². The lowest BCUT2D eigenvalue weighted by Gasteiger charge is -2.05. The van der Waals surface area contributed by atoms with Gasteiger partial charge < -0.3 is 9.47 Å². The summed E-state index contributed by atoms with van der Waals surface area (Å²) in [7, 11) is 0. The summed E-state index contributed by atoms with van der Waals surface area (Å²) in [4.78, 5) is 15.8. The monoisotopic (exact) mass is 383 g/mol. The fraction of sp³-hybridized carbons (Fsp3) is 0.150. The minimum absolute atomic E-state index is 0.133. The third-order valence-corrected chi connectivity index (χ3v) is 4.03. The van der Waals surface area contributed by atoms with Crippen LogP contribution in [0, 0.1) is 6.92 Å². The van der Waals surface area contributed by atoms with E-state index in [1.165, 1.54) is 6.08 Å². The van der Waals surface area contributed by atoms with Gasteiger partial charge in [0.05, 0.1) is 17.6 Å². The average Bonchev–Trinajstić information content (AvgIpc) is 2.99. The van der Waals surface area contributed by atoms with E-state index in [1.54, 1.807) is 35.3 Å². The molecule has 6 nitrogen and oxygen atoms in total. The third kappa shape index (κ3) is 4.95. The van der Waals surface area contributed by atoms with Gasteiger partial charge >= 0.3 is 5.97 Å². The molecular weight excluding hydrogens is 366 g/mol. The molecule has 0 aliphatic carbocycles. The molecule has 0 saturated heterocycles. The molecule has 0 unspecified atom stereocenters. The molecule has 7 heteroatoms. The summed E-state index contributed by atoms with van der Waals surface area (Å²) in [6, 6.07) is 13.1. The van der Waals surface area contributed by atoms with Crippen LogP contribution < -0.4 is 4.74 Å². The van der Waals surface area contributed by atoms with Crippen LogP contribution in [0.5, 0.6) is 5.75 Å². The molecule has 0 amide bonds. The second-order valence-electron chi connectivity index (χ2n) is 5.58. The van der Waals surface area contributed by atoms with E-state index >= 15 is 0 Å². The first-order chi connectivity index (χ1) is 13.1. The van der Waals surface area contributed by atoms with E-state index in [4.69, 9.17) is 21.1 Å². The number of hydrogen-bond donors (Lipinski definition) is 0. The molecule has 3 rings (SSSR count). The standard InChI is InChI=1S/C20H18ClN3O3/c1-15-18(20(21)24(23-15)16-6-3-2-4-7-16)9-10-19(25)27-13-12-26-17-8-5-11-22-14-17/h2-11,14H,12-13H2,1H3/b10-9+. The number of nitrogens with zero attached hydrogens (tertiary/aromatic N) is 3. The molecule has 0 aliphatic heterocycles. The third-order valence-electron chi connectivity index (χ3n) is 3.67. The van der Waals surface area contributed by atoms with E-state index in [-0.39, 0.29) is 13.2 Å². The maximum absolute atomic E-state index is 11.9. The maximum Gasteiger partial charge on any atom is 0.330 e. The van der Waals surface area contributed by atoms with E-state index in [0.29, 0.717) is 22.2 Å². The van der Waals surface area contributed by atoms with Gasteiger partial charge in [0.15, 0.2) is 0 Å². The second-order valence-corrected chi connectivity index (χ2v) is 5.93. The summed E-state index contributed by atoms with van der Waals surface area (Å²) in [6.07, 6.45) is 6.19. The van der Waals surface area contributed by atoms with E-state index in [9.17, 15) is 4.79 Å². The topological polar surface area (TPSA) is 66.2 Å².